The maximum absolute atomic E-state index is 3.69. The van der Waals surface area contributed by atoms with Crippen molar-refractivity contribution in [2.75, 3.05) is 0 Å². The molecular formula is C19H25N. The summed E-state index contributed by atoms with van der Waals surface area (Å²) in [6.07, 6.45) is 1.11. The van der Waals surface area contributed by atoms with E-state index in [4.69, 9.17) is 0 Å². The van der Waals surface area contributed by atoms with E-state index in [1.807, 2.05) is 0 Å². The lowest BCUT2D eigenvalue weighted by molar-refractivity contribution is 0.518. The Morgan fingerprint density at radius 3 is 2.20 bits per heavy atom. The van der Waals surface area contributed by atoms with E-state index in [9.17, 15) is 0 Å². The molecule has 0 amide bonds. The number of hydrogen-bond acceptors (Lipinski definition) is 1. The van der Waals surface area contributed by atoms with Gasteiger partial charge < -0.3 is 5.32 Å². The summed E-state index contributed by atoms with van der Waals surface area (Å²) in [4.78, 5) is 0. The molecule has 1 atom stereocenters. The molecular weight excluding hydrogens is 242 g/mol. The number of rotatable bonds is 5. The molecule has 1 N–H and O–H groups in total. The molecule has 0 spiro atoms. The van der Waals surface area contributed by atoms with E-state index in [0.29, 0.717) is 6.04 Å². The van der Waals surface area contributed by atoms with E-state index >= 15 is 0 Å². The molecule has 0 fully saturated rings. The van der Waals surface area contributed by atoms with Crippen LogP contribution in [0.5, 0.6) is 0 Å². The molecule has 0 saturated heterocycles. The van der Waals surface area contributed by atoms with E-state index < -0.39 is 0 Å². The summed E-state index contributed by atoms with van der Waals surface area (Å²) in [5, 5.41) is 3.69. The molecule has 0 aliphatic carbocycles. The van der Waals surface area contributed by atoms with Crippen molar-refractivity contribution in [3.63, 3.8) is 0 Å². The zero-order valence-corrected chi connectivity index (χ0v) is 13.0. The topological polar surface area (TPSA) is 12.0 Å². The van der Waals surface area contributed by atoms with Crippen LogP contribution >= 0.6 is 0 Å². The van der Waals surface area contributed by atoms with Gasteiger partial charge in [-0.25, -0.2) is 0 Å². The van der Waals surface area contributed by atoms with Gasteiger partial charge >= 0.3 is 0 Å². The monoisotopic (exact) mass is 267 g/mol. The molecule has 0 heterocycles. The molecule has 0 radical (unpaired) electrons. The molecule has 1 heteroatoms. The van der Waals surface area contributed by atoms with Crippen molar-refractivity contribution in [3.8, 4) is 0 Å². The molecule has 2 rings (SSSR count). The second kappa shape index (κ2) is 6.71. The van der Waals surface area contributed by atoms with Crippen molar-refractivity contribution in [2.24, 2.45) is 0 Å². The first-order valence-corrected chi connectivity index (χ1v) is 7.47. The number of aryl methyl sites for hydroxylation is 3. The van der Waals surface area contributed by atoms with Gasteiger partial charge in [0.25, 0.3) is 0 Å². The molecule has 1 unspecified atom stereocenters. The van der Waals surface area contributed by atoms with Gasteiger partial charge in [-0.15, -0.1) is 0 Å². The quantitative estimate of drug-likeness (QED) is 0.816. The zero-order valence-electron chi connectivity index (χ0n) is 13.0. The van der Waals surface area contributed by atoms with Crippen LogP contribution in [0, 0.1) is 20.8 Å². The van der Waals surface area contributed by atoms with Crippen molar-refractivity contribution in [2.45, 2.75) is 46.7 Å². The molecule has 0 saturated carbocycles. The first-order valence-electron chi connectivity index (χ1n) is 7.47. The molecule has 2 aromatic rings. The van der Waals surface area contributed by atoms with E-state index in [0.717, 1.165) is 13.0 Å². The zero-order chi connectivity index (χ0) is 14.5. The van der Waals surface area contributed by atoms with Gasteiger partial charge in [-0.2, -0.15) is 0 Å². The minimum atomic E-state index is 0.428. The van der Waals surface area contributed by atoms with Crippen LogP contribution in [0.2, 0.25) is 0 Å². The van der Waals surface area contributed by atoms with Crippen molar-refractivity contribution < 1.29 is 0 Å². The van der Waals surface area contributed by atoms with Crippen LogP contribution in [0.4, 0.5) is 0 Å². The van der Waals surface area contributed by atoms with Gasteiger partial charge in [0.2, 0.25) is 0 Å². The van der Waals surface area contributed by atoms with Gasteiger partial charge in [0.1, 0.15) is 0 Å². The van der Waals surface area contributed by atoms with Gasteiger partial charge in [-0.3, -0.25) is 0 Å². The predicted octanol–water partition coefficient (Wildman–Crippen LogP) is 4.85. The fourth-order valence-electron chi connectivity index (χ4n) is 2.63. The molecule has 106 valence electrons. The van der Waals surface area contributed by atoms with Crippen molar-refractivity contribution in [1.82, 2.24) is 5.32 Å². The number of benzene rings is 2. The first kappa shape index (κ1) is 14.8. The minimum absolute atomic E-state index is 0.428. The van der Waals surface area contributed by atoms with Gasteiger partial charge in [-0.05, 0) is 55.0 Å². The van der Waals surface area contributed by atoms with Gasteiger partial charge in [0.05, 0.1) is 0 Å². The van der Waals surface area contributed by atoms with E-state index in [2.05, 4.69) is 75.5 Å². The highest BCUT2D eigenvalue weighted by Crippen LogP contribution is 2.19. The Bertz CT molecular complexity index is 557. The van der Waals surface area contributed by atoms with Crippen LogP contribution in [-0.4, -0.2) is 0 Å². The summed E-state index contributed by atoms with van der Waals surface area (Å²) in [5.41, 5.74) is 6.91. The van der Waals surface area contributed by atoms with E-state index in [1.165, 1.54) is 27.8 Å². The number of nitrogens with one attached hydrogen (secondary N) is 1. The Kier molecular flexibility index (Phi) is 4.97. The van der Waals surface area contributed by atoms with Crippen LogP contribution in [0.1, 0.15) is 47.2 Å². The number of hydrogen-bond donors (Lipinski definition) is 1. The van der Waals surface area contributed by atoms with Crippen molar-refractivity contribution >= 4 is 0 Å². The Hall–Kier alpha value is -1.60. The first-order chi connectivity index (χ1) is 9.61. The lowest BCUT2D eigenvalue weighted by Crippen LogP contribution is -2.20. The molecule has 0 aromatic heterocycles. The molecule has 1 nitrogen and oxygen atoms in total. The highest BCUT2D eigenvalue weighted by Gasteiger charge is 2.09. The summed E-state index contributed by atoms with van der Waals surface area (Å²) in [6, 6.07) is 15.7. The van der Waals surface area contributed by atoms with Gasteiger partial charge in [0, 0.05) is 12.6 Å². The fraction of sp³-hybridized carbons (Fsp3) is 0.368. The van der Waals surface area contributed by atoms with Crippen LogP contribution < -0.4 is 5.32 Å². The Balaban J connectivity index is 2.09. The second-order valence-corrected chi connectivity index (χ2v) is 5.62. The summed E-state index contributed by atoms with van der Waals surface area (Å²) >= 11 is 0. The highest BCUT2D eigenvalue weighted by molar-refractivity contribution is 5.36. The Morgan fingerprint density at radius 1 is 0.900 bits per heavy atom. The van der Waals surface area contributed by atoms with Gasteiger partial charge in [-0.1, -0.05) is 49.4 Å². The summed E-state index contributed by atoms with van der Waals surface area (Å²) in [6.45, 7) is 9.73. The third-order valence-corrected chi connectivity index (χ3v) is 4.10. The molecule has 0 aliphatic heterocycles. The van der Waals surface area contributed by atoms with Crippen molar-refractivity contribution in [3.05, 3.63) is 70.3 Å². The average Bonchev–Trinajstić information content (AvgIpc) is 2.46. The highest BCUT2D eigenvalue weighted by atomic mass is 14.9. The van der Waals surface area contributed by atoms with Crippen LogP contribution in [0.25, 0.3) is 0 Å². The average molecular weight is 267 g/mol. The molecule has 0 aliphatic rings. The SMILES string of the molecule is CCC(NCc1cc(C)c(C)cc1C)c1ccccc1. The standard InChI is InChI=1S/C19H25N/c1-5-19(17-9-7-6-8-10-17)20-13-18-12-15(3)14(2)11-16(18)4/h6-12,19-20H,5,13H2,1-4H3. The third kappa shape index (κ3) is 3.49. The fourth-order valence-corrected chi connectivity index (χ4v) is 2.63. The maximum atomic E-state index is 3.69. The lowest BCUT2D eigenvalue weighted by atomic mass is 9.99. The van der Waals surface area contributed by atoms with E-state index in [1.54, 1.807) is 0 Å². The molecule has 20 heavy (non-hydrogen) atoms. The minimum Gasteiger partial charge on any atom is -0.306 e. The van der Waals surface area contributed by atoms with E-state index in [-0.39, 0.29) is 0 Å². The summed E-state index contributed by atoms with van der Waals surface area (Å²) in [7, 11) is 0. The Morgan fingerprint density at radius 2 is 1.55 bits per heavy atom. The van der Waals surface area contributed by atoms with Crippen molar-refractivity contribution in [1.29, 1.82) is 0 Å². The molecule has 0 bridgehead atoms. The smallest absolute Gasteiger partial charge is 0.0320 e. The summed E-state index contributed by atoms with van der Waals surface area (Å²) < 4.78 is 0. The molecule has 2 aromatic carbocycles. The van der Waals surface area contributed by atoms with Gasteiger partial charge in [0.15, 0.2) is 0 Å². The van der Waals surface area contributed by atoms with Crippen LogP contribution in [-0.2, 0) is 6.54 Å². The lowest BCUT2D eigenvalue weighted by Gasteiger charge is -2.19. The predicted molar refractivity (Wildman–Crippen MR) is 87.0 cm³/mol. The normalized spacial score (nSPS) is 12.4. The Labute approximate surface area is 123 Å². The second-order valence-electron chi connectivity index (χ2n) is 5.62. The van der Waals surface area contributed by atoms with Crippen LogP contribution in [0.3, 0.4) is 0 Å². The summed E-state index contributed by atoms with van der Waals surface area (Å²) in [5.74, 6) is 0. The van der Waals surface area contributed by atoms with Crippen LogP contribution in [0.15, 0.2) is 42.5 Å². The third-order valence-electron chi connectivity index (χ3n) is 4.10. The maximum Gasteiger partial charge on any atom is 0.0320 e. The largest absolute Gasteiger partial charge is 0.306 e.